The zero-order valence-electron chi connectivity index (χ0n) is 13.4. The Hall–Kier alpha value is -1.99. The predicted octanol–water partition coefficient (Wildman–Crippen LogP) is 3.46. The third-order valence-corrected chi connectivity index (χ3v) is 5.22. The highest BCUT2D eigenvalue weighted by atomic mass is 19.4. The van der Waals surface area contributed by atoms with Gasteiger partial charge < -0.3 is 14.9 Å². The van der Waals surface area contributed by atoms with E-state index in [9.17, 15) is 23.1 Å². The quantitative estimate of drug-likeness (QED) is 0.848. The van der Waals surface area contributed by atoms with Crippen molar-refractivity contribution >= 4 is 11.9 Å². The second kappa shape index (κ2) is 5.82. The zero-order chi connectivity index (χ0) is 17.5. The summed E-state index contributed by atoms with van der Waals surface area (Å²) in [5.74, 6) is 0.343. The number of aromatic nitrogens is 1. The molecule has 1 N–H and O–H groups in total. The van der Waals surface area contributed by atoms with Crippen LogP contribution in [0.15, 0.2) is 18.3 Å². The van der Waals surface area contributed by atoms with Crippen LogP contribution in [0.25, 0.3) is 0 Å². The van der Waals surface area contributed by atoms with E-state index in [0.29, 0.717) is 25.5 Å². The van der Waals surface area contributed by atoms with Crippen LogP contribution in [0.5, 0.6) is 0 Å². The second-order valence-corrected chi connectivity index (χ2v) is 6.85. The molecule has 2 fully saturated rings. The minimum atomic E-state index is -4.38. The first-order valence-corrected chi connectivity index (χ1v) is 7.98. The fraction of sp³-hybridized carbons (Fsp3) is 0.625. The third-order valence-electron chi connectivity index (χ3n) is 5.22. The molecule has 132 valence electrons. The first-order chi connectivity index (χ1) is 11.2. The van der Waals surface area contributed by atoms with Crippen LogP contribution in [0.3, 0.4) is 0 Å². The molecule has 0 aliphatic carbocycles. The fourth-order valence-corrected chi connectivity index (χ4v) is 3.97. The van der Waals surface area contributed by atoms with Crippen LogP contribution in [-0.4, -0.2) is 46.8 Å². The van der Waals surface area contributed by atoms with Crippen LogP contribution < -0.4 is 4.90 Å². The maximum Gasteiger partial charge on any atom is 0.416 e. The van der Waals surface area contributed by atoms with Gasteiger partial charge in [-0.15, -0.1) is 0 Å². The summed E-state index contributed by atoms with van der Waals surface area (Å²) < 4.78 is 38.6. The van der Waals surface area contributed by atoms with Gasteiger partial charge in [0.2, 0.25) is 0 Å². The van der Waals surface area contributed by atoms with Crippen molar-refractivity contribution in [2.75, 3.05) is 24.5 Å². The lowest BCUT2D eigenvalue weighted by molar-refractivity contribution is -0.137. The molecule has 5 nitrogen and oxygen atoms in total. The minimum Gasteiger partial charge on any atom is -0.465 e. The topological polar surface area (TPSA) is 56.7 Å². The summed E-state index contributed by atoms with van der Waals surface area (Å²) in [4.78, 5) is 18.6. The number of hydrogen-bond acceptors (Lipinski definition) is 3. The number of piperidine rings is 1. The minimum absolute atomic E-state index is 0.0404. The summed E-state index contributed by atoms with van der Waals surface area (Å²) in [5.41, 5.74) is -0.733. The predicted molar refractivity (Wildman–Crippen MR) is 81.9 cm³/mol. The highest BCUT2D eigenvalue weighted by Gasteiger charge is 2.44. The van der Waals surface area contributed by atoms with Crippen LogP contribution in [0.1, 0.15) is 31.7 Å². The molecule has 24 heavy (non-hydrogen) atoms. The molecule has 0 saturated carbocycles. The van der Waals surface area contributed by atoms with Gasteiger partial charge in [0.25, 0.3) is 0 Å². The van der Waals surface area contributed by atoms with E-state index in [1.807, 2.05) is 11.8 Å². The van der Waals surface area contributed by atoms with Crippen molar-refractivity contribution in [2.24, 2.45) is 5.41 Å². The highest BCUT2D eigenvalue weighted by Crippen LogP contribution is 2.44. The van der Waals surface area contributed by atoms with E-state index in [2.05, 4.69) is 4.98 Å². The molecular formula is C16H20F3N3O2. The lowest BCUT2D eigenvalue weighted by atomic mass is 9.75. The highest BCUT2D eigenvalue weighted by molar-refractivity contribution is 5.65. The summed E-state index contributed by atoms with van der Waals surface area (Å²) >= 11 is 0. The average Bonchev–Trinajstić information content (AvgIpc) is 2.90. The summed E-state index contributed by atoms with van der Waals surface area (Å²) in [5, 5.41) is 9.18. The fourth-order valence-electron chi connectivity index (χ4n) is 3.97. The van der Waals surface area contributed by atoms with E-state index in [1.165, 1.54) is 11.1 Å². The number of carbonyl (C=O) groups is 1. The van der Waals surface area contributed by atoms with E-state index in [-0.39, 0.29) is 11.5 Å². The van der Waals surface area contributed by atoms with Gasteiger partial charge in [0.05, 0.1) is 5.56 Å². The van der Waals surface area contributed by atoms with Crippen LogP contribution in [0, 0.1) is 5.41 Å². The molecular weight excluding hydrogens is 323 g/mol. The molecule has 0 radical (unpaired) electrons. The second-order valence-electron chi connectivity index (χ2n) is 6.85. The van der Waals surface area contributed by atoms with E-state index >= 15 is 0 Å². The number of likely N-dealkylation sites (tertiary alicyclic amines) is 1. The van der Waals surface area contributed by atoms with Crippen molar-refractivity contribution in [3.8, 4) is 0 Å². The van der Waals surface area contributed by atoms with E-state index in [1.54, 1.807) is 0 Å². The van der Waals surface area contributed by atoms with Gasteiger partial charge in [-0.1, -0.05) is 0 Å². The molecule has 1 aromatic rings. The normalized spacial score (nSPS) is 27.8. The Morgan fingerprint density at radius 3 is 2.71 bits per heavy atom. The largest absolute Gasteiger partial charge is 0.465 e. The molecule has 8 heteroatoms. The Morgan fingerprint density at radius 1 is 1.38 bits per heavy atom. The molecule has 2 aliphatic heterocycles. The van der Waals surface area contributed by atoms with E-state index in [4.69, 9.17) is 0 Å². The molecule has 0 bridgehead atoms. The zero-order valence-corrected chi connectivity index (χ0v) is 13.4. The van der Waals surface area contributed by atoms with Crippen molar-refractivity contribution in [1.29, 1.82) is 0 Å². The number of carboxylic acid groups (broad SMARTS) is 1. The standard InChI is InChI=1S/C16H20F3N3O2/c1-11-9-15(4-7-22(11)14(23)24)3-6-21(10-15)13-8-12(2-5-20-13)16(17,18)19/h2,5,8,11H,3-4,6-7,9-10H2,1H3,(H,23,24). The summed E-state index contributed by atoms with van der Waals surface area (Å²) in [6.07, 6.45) is -1.78. The Kier molecular flexibility index (Phi) is 4.09. The molecule has 1 amide bonds. The van der Waals surface area contributed by atoms with Crippen molar-refractivity contribution in [2.45, 2.75) is 38.4 Å². The van der Waals surface area contributed by atoms with Gasteiger partial charge in [0.15, 0.2) is 0 Å². The number of anilines is 1. The van der Waals surface area contributed by atoms with Crippen LogP contribution in [-0.2, 0) is 6.18 Å². The lowest BCUT2D eigenvalue weighted by Crippen LogP contribution is -2.48. The number of nitrogens with zero attached hydrogens (tertiary/aromatic N) is 3. The maximum absolute atomic E-state index is 12.9. The maximum atomic E-state index is 12.9. The van der Waals surface area contributed by atoms with E-state index < -0.39 is 17.8 Å². The Balaban J connectivity index is 1.73. The Morgan fingerprint density at radius 2 is 2.08 bits per heavy atom. The molecule has 2 saturated heterocycles. The molecule has 0 aromatic carbocycles. The summed E-state index contributed by atoms with van der Waals surface area (Å²) in [6.45, 7) is 3.63. The number of hydrogen-bond donors (Lipinski definition) is 1. The molecule has 1 spiro atoms. The van der Waals surface area contributed by atoms with Crippen molar-refractivity contribution < 1.29 is 23.1 Å². The third kappa shape index (κ3) is 3.14. The van der Waals surface area contributed by atoms with Crippen molar-refractivity contribution in [1.82, 2.24) is 9.88 Å². The molecule has 1 aromatic heterocycles. The molecule has 2 aliphatic rings. The van der Waals surface area contributed by atoms with Gasteiger partial charge in [-0.2, -0.15) is 13.2 Å². The molecule has 3 rings (SSSR count). The number of amides is 1. The van der Waals surface area contributed by atoms with Gasteiger partial charge in [-0.05, 0) is 43.7 Å². The van der Waals surface area contributed by atoms with Gasteiger partial charge in [0.1, 0.15) is 5.82 Å². The number of halogens is 3. The number of pyridine rings is 1. The lowest BCUT2D eigenvalue weighted by Gasteiger charge is -2.42. The van der Waals surface area contributed by atoms with Crippen molar-refractivity contribution in [3.05, 3.63) is 23.9 Å². The van der Waals surface area contributed by atoms with Gasteiger partial charge in [-0.25, -0.2) is 9.78 Å². The molecule has 3 heterocycles. The number of alkyl halides is 3. The van der Waals surface area contributed by atoms with E-state index in [0.717, 1.165) is 31.4 Å². The average molecular weight is 343 g/mol. The monoisotopic (exact) mass is 343 g/mol. The number of rotatable bonds is 1. The van der Waals surface area contributed by atoms with Gasteiger partial charge >= 0.3 is 12.3 Å². The molecule has 2 atom stereocenters. The molecule has 2 unspecified atom stereocenters. The van der Waals surface area contributed by atoms with Crippen molar-refractivity contribution in [3.63, 3.8) is 0 Å². The first-order valence-electron chi connectivity index (χ1n) is 7.98. The van der Waals surface area contributed by atoms with Crippen LogP contribution >= 0.6 is 0 Å². The first kappa shape index (κ1) is 16.9. The smallest absolute Gasteiger partial charge is 0.416 e. The van der Waals surface area contributed by atoms with Gasteiger partial charge in [0, 0.05) is 31.9 Å². The Labute approximate surface area is 138 Å². The summed E-state index contributed by atoms with van der Waals surface area (Å²) in [6, 6.07) is 1.99. The summed E-state index contributed by atoms with van der Waals surface area (Å²) in [7, 11) is 0. The van der Waals surface area contributed by atoms with Gasteiger partial charge in [-0.3, -0.25) is 0 Å². The SMILES string of the molecule is CC1CC2(CCN(c3cc(C(F)(F)F)ccn3)C2)CCN1C(=O)O. The van der Waals surface area contributed by atoms with Crippen LogP contribution in [0.2, 0.25) is 0 Å². The Bertz CT molecular complexity index is 637. The van der Waals surface area contributed by atoms with Crippen LogP contribution in [0.4, 0.5) is 23.8 Å².